The van der Waals surface area contributed by atoms with Crippen LogP contribution in [0.1, 0.15) is 5.69 Å². The summed E-state index contributed by atoms with van der Waals surface area (Å²) in [4.78, 5) is 16.9. The number of amides is 1. The maximum absolute atomic E-state index is 12.0. The Bertz CT molecular complexity index is 914. The second-order valence-electron chi connectivity index (χ2n) is 5.50. The Hall–Kier alpha value is -3.00. The number of hydrogen-bond acceptors (Lipinski definition) is 7. The molecule has 0 radical (unpaired) electrons. The summed E-state index contributed by atoms with van der Waals surface area (Å²) < 4.78 is 16.0. The highest BCUT2D eigenvalue weighted by molar-refractivity contribution is 8.00. The second kappa shape index (κ2) is 7.49. The lowest BCUT2D eigenvalue weighted by Crippen LogP contribution is -2.24. The van der Waals surface area contributed by atoms with Crippen molar-refractivity contribution in [2.24, 2.45) is 0 Å². The van der Waals surface area contributed by atoms with Gasteiger partial charge < -0.3 is 19.3 Å². The molecule has 0 aliphatic carbocycles. The van der Waals surface area contributed by atoms with Gasteiger partial charge in [0.15, 0.2) is 17.3 Å². The molecule has 0 saturated heterocycles. The van der Waals surface area contributed by atoms with Crippen LogP contribution < -0.4 is 14.8 Å². The summed E-state index contributed by atoms with van der Waals surface area (Å²) in [6.45, 7) is 0.535. The SMILES string of the molecule is O=C(CSc1ccncc1)NCc1cc(-c2ccc3c(c2)OCO3)on1. The van der Waals surface area contributed by atoms with E-state index >= 15 is 0 Å². The standard InChI is InChI=1S/C18H15N3O4S/c22-18(10-26-14-3-5-19-6-4-14)20-9-13-8-16(25-21-13)12-1-2-15-17(7-12)24-11-23-15/h1-8H,9-11H2,(H,20,22). The van der Waals surface area contributed by atoms with Crippen LogP contribution in [0.4, 0.5) is 0 Å². The van der Waals surface area contributed by atoms with Gasteiger partial charge in [-0.25, -0.2) is 0 Å². The fourth-order valence-corrected chi connectivity index (χ4v) is 3.12. The van der Waals surface area contributed by atoms with E-state index in [2.05, 4.69) is 15.5 Å². The number of nitrogens with one attached hydrogen (secondary N) is 1. The van der Waals surface area contributed by atoms with Crippen molar-refractivity contribution < 1.29 is 18.8 Å². The summed E-state index contributed by atoms with van der Waals surface area (Å²) in [5, 5.41) is 6.83. The molecule has 2 aromatic heterocycles. The monoisotopic (exact) mass is 369 g/mol. The molecule has 1 amide bonds. The zero-order valence-electron chi connectivity index (χ0n) is 13.7. The molecular weight excluding hydrogens is 354 g/mol. The van der Waals surface area contributed by atoms with Crippen molar-refractivity contribution in [2.75, 3.05) is 12.5 Å². The van der Waals surface area contributed by atoms with Crippen LogP contribution in [0.5, 0.6) is 11.5 Å². The van der Waals surface area contributed by atoms with Gasteiger partial charge in [-0.3, -0.25) is 9.78 Å². The van der Waals surface area contributed by atoms with Gasteiger partial charge in [-0.05, 0) is 30.3 Å². The molecule has 0 unspecified atom stereocenters. The number of ether oxygens (including phenoxy) is 2. The van der Waals surface area contributed by atoms with E-state index in [0.29, 0.717) is 35.3 Å². The van der Waals surface area contributed by atoms with Crippen LogP contribution in [-0.2, 0) is 11.3 Å². The van der Waals surface area contributed by atoms with Crippen LogP contribution in [0.15, 0.2) is 58.2 Å². The first kappa shape index (κ1) is 16.5. The average molecular weight is 369 g/mol. The number of hydrogen-bond donors (Lipinski definition) is 1. The van der Waals surface area contributed by atoms with Crippen LogP contribution in [0, 0.1) is 0 Å². The molecule has 132 valence electrons. The first-order chi connectivity index (χ1) is 12.8. The van der Waals surface area contributed by atoms with Crippen LogP contribution in [0.3, 0.4) is 0 Å². The van der Waals surface area contributed by atoms with E-state index in [1.54, 1.807) is 18.5 Å². The smallest absolute Gasteiger partial charge is 0.231 e. The molecule has 0 fully saturated rings. The molecule has 4 rings (SSSR count). The van der Waals surface area contributed by atoms with E-state index < -0.39 is 0 Å². The third-order valence-corrected chi connectivity index (χ3v) is 4.71. The zero-order valence-corrected chi connectivity index (χ0v) is 14.5. The molecule has 1 aliphatic rings. The summed E-state index contributed by atoms with van der Waals surface area (Å²) in [5.74, 6) is 2.27. The predicted molar refractivity (Wildman–Crippen MR) is 94.9 cm³/mol. The maximum Gasteiger partial charge on any atom is 0.231 e. The first-order valence-electron chi connectivity index (χ1n) is 7.93. The summed E-state index contributed by atoms with van der Waals surface area (Å²) >= 11 is 1.46. The molecule has 8 heteroatoms. The van der Waals surface area contributed by atoms with E-state index in [1.165, 1.54) is 11.8 Å². The Morgan fingerprint density at radius 1 is 1.12 bits per heavy atom. The Morgan fingerprint density at radius 2 is 1.96 bits per heavy atom. The van der Waals surface area contributed by atoms with Gasteiger partial charge in [-0.15, -0.1) is 11.8 Å². The van der Waals surface area contributed by atoms with Gasteiger partial charge in [0.1, 0.15) is 5.69 Å². The minimum absolute atomic E-state index is 0.0700. The summed E-state index contributed by atoms with van der Waals surface area (Å²) in [7, 11) is 0. The molecule has 3 aromatic rings. The van der Waals surface area contributed by atoms with Gasteiger partial charge in [-0.1, -0.05) is 5.16 Å². The largest absolute Gasteiger partial charge is 0.454 e. The van der Waals surface area contributed by atoms with Gasteiger partial charge in [0.2, 0.25) is 12.7 Å². The highest BCUT2D eigenvalue weighted by atomic mass is 32.2. The Kier molecular flexibility index (Phi) is 4.74. The number of carbonyl (C=O) groups excluding carboxylic acids is 1. The highest BCUT2D eigenvalue weighted by Gasteiger charge is 2.16. The van der Waals surface area contributed by atoms with Crippen molar-refractivity contribution in [1.29, 1.82) is 0 Å². The molecule has 0 bridgehead atoms. The fraction of sp³-hybridized carbons (Fsp3) is 0.167. The molecule has 7 nitrogen and oxygen atoms in total. The number of nitrogens with zero attached hydrogens (tertiary/aromatic N) is 2. The van der Waals surface area contributed by atoms with E-state index in [0.717, 1.165) is 10.5 Å². The quantitative estimate of drug-likeness (QED) is 0.669. The number of thioether (sulfide) groups is 1. The van der Waals surface area contributed by atoms with Gasteiger partial charge in [0.05, 0.1) is 12.3 Å². The molecule has 0 atom stereocenters. The van der Waals surface area contributed by atoms with Crippen molar-refractivity contribution in [3.63, 3.8) is 0 Å². The highest BCUT2D eigenvalue weighted by Crippen LogP contribution is 2.35. The van der Waals surface area contributed by atoms with Crippen LogP contribution in [0.2, 0.25) is 0 Å². The minimum atomic E-state index is -0.0700. The second-order valence-corrected chi connectivity index (χ2v) is 6.55. The molecule has 3 heterocycles. The lowest BCUT2D eigenvalue weighted by Gasteiger charge is -2.02. The molecule has 0 spiro atoms. The predicted octanol–water partition coefficient (Wildman–Crippen LogP) is 2.87. The van der Waals surface area contributed by atoms with Gasteiger partial charge in [0.25, 0.3) is 0 Å². The lowest BCUT2D eigenvalue weighted by molar-refractivity contribution is -0.118. The molecule has 1 aromatic carbocycles. The molecule has 0 saturated carbocycles. The maximum atomic E-state index is 12.0. The molecule has 1 N–H and O–H groups in total. The van der Waals surface area contributed by atoms with E-state index in [1.807, 2.05) is 30.3 Å². The summed E-state index contributed by atoms with van der Waals surface area (Å²) in [6, 6.07) is 11.1. The number of fused-ring (bicyclic) bond motifs is 1. The Morgan fingerprint density at radius 3 is 2.85 bits per heavy atom. The molecule has 1 aliphatic heterocycles. The summed E-state index contributed by atoms with van der Waals surface area (Å²) in [5.41, 5.74) is 1.49. The van der Waals surface area contributed by atoms with E-state index in [-0.39, 0.29) is 12.7 Å². The summed E-state index contributed by atoms with van der Waals surface area (Å²) in [6.07, 6.45) is 3.40. The van der Waals surface area contributed by atoms with Crippen molar-refractivity contribution in [1.82, 2.24) is 15.5 Å². The van der Waals surface area contributed by atoms with Gasteiger partial charge in [0, 0.05) is 28.9 Å². The van der Waals surface area contributed by atoms with Crippen LogP contribution >= 0.6 is 11.8 Å². The van der Waals surface area contributed by atoms with E-state index in [9.17, 15) is 4.79 Å². The number of rotatable bonds is 6. The zero-order chi connectivity index (χ0) is 17.8. The third-order valence-electron chi connectivity index (χ3n) is 3.70. The number of pyridine rings is 1. The van der Waals surface area contributed by atoms with Gasteiger partial charge in [-0.2, -0.15) is 0 Å². The van der Waals surface area contributed by atoms with Crippen molar-refractivity contribution in [3.8, 4) is 22.8 Å². The lowest BCUT2D eigenvalue weighted by atomic mass is 10.1. The molecule has 26 heavy (non-hydrogen) atoms. The molecular formula is C18H15N3O4S. The van der Waals surface area contributed by atoms with Gasteiger partial charge >= 0.3 is 0 Å². The van der Waals surface area contributed by atoms with E-state index in [4.69, 9.17) is 14.0 Å². The van der Waals surface area contributed by atoms with Crippen molar-refractivity contribution >= 4 is 17.7 Å². The first-order valence-corrected chi connectivity index (χ1v) is 8.91. The van der Waals surface area contributed by atoms with Crippen LogP contribution in [-0.4, -0.2) is 28.6 Å². The average Bonchev–Trinajstić information content (AvgIpc) is 3.34. The van der Waals surface area contributed by atoms with Crippen molar-refractivity contribution in [3.05, 3.63) is 54.5 Å². The minimum Gasteiger partial charge on any atom is -0.454 e. The number of carbonyl (C=O) groups is 1. The Balaban J connectivity index is 1.31. The normalized spacial score (nSPS) is 12.2. The number of aromatic nitrogens is 2. The Labute approximate surface area is 153 Å². The van der Waals surface area contributed by atoms with Crippen molar-refractivity contribution in [2.45, 2.75) is 11.4 Å². The third kappa shape index (κ3) is 3.80. The topological polar surface area (TPSA) is 86.5 Å². The fourth-order valence-electron chi connectivity index (χ4n) is 2.40. The van der Waals surface area contributed by atoms with Crippen LogP contribution in [0.25, 0.3) is 11.3 Å². The number of benzene rings is 1.